The van der Waals surface area contributed by atoms with Crippen LogP contribution in [-0.4, -0.2) is 9.97 Å². The van der Waals surface area contributed by atoms with Crippen LogP contribution in [0.5, 0.6) is 0 Å². The number of hydrogen-bond acceptors (Lipinski definition) is 3. The van der Waals surface area contributed by atoms with E-state index in [9.17, 15) is 0 Å². The molecule has 2 aromatic rings. The number of hydrogen-bond donors (Lipinski definition) is 0. The van der Waals surface area contributed by atoms with Gasteiger partial charge in [0.05, 0.1) is 11.6 Å². The maximum atomic E-state index is 8.84. The Morgan fingerprint density at radius 3 is 2.53 bits per heavy atom. The van der Waals surface area contributed by atoms with Crippen molar-refractivity contribution in [2.45, 2.75) is 6.92 Å². The quantitative estimate of drug-likeness (QED) is 0.701. The lowest BCUT2D eigenvalue weighted by atomic mass is 10.1. The van der Waals surface area contributed by atoms with Crippen molar-refractivity contribution < 1.29 is 0 Å². The van der Waals surface area contributed by atoms with Crippen LogP contribution >= 0.6 is 0 Å². The first-order chi connectivity index (χ1) is 7.29. The molecule has 72 valence electrons. The fourth-order valence-corrected chi connectivity index (χ4v) is 1.42. The summed E-state index contributed by atoms with van der Waals surface area (Å²) in [6, 6.07) is 9.49. The summed E-state index contributed by atoms with van der Waals surface area (Å²) in [5, 5.41) is 8.84. The van der Waals surface area contributed by atoms with E-state index in [-0.39, 0.29) is 0 Å². The summed E-state index contributed by atoms with van der Waals surface area (Å²) in [6.45, 7) is 1.95. The molecule has 1 aromatic heterocycles. The van der Waals surface area contributed by atoms with Gasteiger partial charge in [-0.3, -0.25) is 0 Å². The fourth-order valence-electron chi connectivity index (χ4n) is 1.42. The normalized spacial score (nSPS) is 9.60. The summed E-state index contributed by atoms with van der Waals surface area (Å²) in [4.78, 5) is 8.29. The van der Waals surface area contributed by atoms with E-state index >= 15 is 0 Å². The Labute approximate surface area is 88.1 Å². The van der Waals surface area contributed by atoms with Gasteiger partial charge >= 0.3 is 0 Å². The van der Waals surface area contributed by atoms with Gasteiger partial charge in [-0.2, -0.15) is 5.26 Å². The number of aromatic nitrogens is 2. The van der Waals surface area contributed by atoms with Crippen LogP contribution in [0.3, 0.4) is 0 Å². The standard InChI is InChI=1S/C12H9N3/c1-9-5-10(8-13)7-11(6-9)12-14-3-2-4-15-12/h2-7H,1H3. The smallest absolute Gasteiger partial charge is 0.159 e. The third kappa shape index (κ3) is 2.00. The van der Waals surface area contributed by atoms with Crippen molar-refractivity contribution in [3.63, 3.8) is 0 Å². The first-order valence-corrected chi connectivity index (χ1v) is 4.59. The molecule has 15 heavy (non-hydrogen) atoms. The molecule has 0 amide bonds. The van der Waals surface area contributed by atoms with E-state index in [0.29, 0.717) is 11.4 Å². The van der Waals surface area contributed by atoms with Crippen LogP contribution in [0.15, 0.2) is 36.7 Å². The molecular weight excluding hydrogens is 186 g/mol. The van der Waals surface area contributed by atoms with E-state index in [1.807, 2.05) is 19.1 Å². The molecule has 0 aliphatic rings. The van der Waals surface area contributed by atoms with Gasteiger partial charge in [0.1, 0.15) is 0 Å². The van der Waals surface area contributed by atoms with Crippen LogP contribution in [0, 0.1) is 18.3 Å². The van der Waals surface area contributed by atoms with Crippen molar-refractivity contribution >= 4 is 0 Å². The van der Waals surface area contributed by atoms with Crippen LogP contribution in [0.25, 0.3) is 11.4 Å². The molecule has 3 nitrogen and oxygen atoms in total. The van der Waals surface area contributed by atoms with Gasteiger partial charge in [-0.25, -0.2) is 9.97 Å². The van der Waals surface area contributed by atoms with Gasteiger partial charge in [-0.15, -0.1) is 0 Å². The second kappa shape index (κ2) is 3.89. The monoisotopic (exact) mass is 195 g/mol. The molecule has 1 aromatic carbocycles. The third-order valence-electron chi connectivity index (χ3n) is 2.03. The van der Waals surface area contributed by atoms with E-state index in [1.54, 1.807) is 24.5 Å². The molecule has 1 heterocycles. The van der Waals surface area contributed by atoms with Crippen molar-refractivity contribution in [1.29, 1.82) is 5.26 Å². The average Bonchev–Trinajstić information content (AvgIpc) is 2.29. The first-order valence-electron chi connectivity index (χ1n) is 4.59. The zero-order valence-electron chi connectivity index (χ0n) is 8.31. The highest BCUT2D eigenvalue weighted by Gasteiger charge is 2.02. The number of rotatable bonds is 1. The summed E-state index contributed by atoms with van der Waals surface area (Å²) in [7, 11) is 0. The Hall–Kier alpha value is -2.21. The molecule has 0 atom stereocenters. The lowest BCUT2D eigenvalue weighted by Crippen LogP contribution is -1.89. The van der Waals surface area contributed by atoms with Gasteiger partial charge in [0.2, 0.25) is 0 Å². The maximum Gasteiger partial charge on any atom is 0.159 e. The fraction of sp³-hybridized carbons (Fsp3) is 0.0833. The topological polar surface area (TPSA) is 49.6 Å². The number of benzene rings is 1. The van der Waals surface area contributed by atoms with Crippen LogP contribution in [0.1, 0.15) is 11.1 Å². The Bertz CT molecular complexity index is 512. The Morgan fingerprint density at radius 2 is 1.87 bits per heavy atom. The van der Waals surface area contributed by atoms with Crippen molar-refractivity contribution in [3.05, 3.63) is 47.8 Å². The number of nitrogens with zero attached hydrogens (tertiary/aromatic N) is 3. The lowest BCUT2D eigenvalue weighted by Gasteiger charge is -2.01. The zero-order chi connectivity index (χ0) is 10.7. The van der Waals surface area contributed by atoms with E-state index in [0.717, 1.165) is 11.1 Å². The molecular formula is C12H9N3. The van der Waals surface area contributed by atoms with Crippen LogP contribution in [0.4, 0.5) is 0 Å². The summed E-state index contributed by atoms with van der Waals surface area (Å²) in [5.41, 5.74) is 2.56. The van der Waals surface area contributed by atoms with Crippen LogP contribution in [0.2, 0.25) is 0 Å². The predicted octanol–water partition coefficient (Wildman–Crippen LogP) is 2.32. The lowest BCUT2D eigenvalue weighted by molar-refractivity contribution is 1.17. The van der Waals surface area contributed by atoms with Gasteiger partial charge in [-0.1, -0.05) is 0 Å². The number of nitriles is 1. The SMILES string of the molecule is Cc1cc(C#N)cc(-c2ncccn2)c1. The van der Waals surface area contributed by atoms with E-state index < -0.39 is 0 Å². The highest BCUT2D eigenvalue weighted by Crippen LogP contribution is 2.17. The van der Waals surface area contributed by atoms with E-state index in [1.165, 1.54) is 0 Å². The van der Waals surface area contributed by atoms with Crippen molar-refractivity contribution in [3.8, 4) is 17.5 Å². The number of aryl methyl sites for hydroxylation is 1. The Kier molecular flexibility index (Phi) is 2.42. The third-order valence-corrected chi connectivity index (χ3v) is 2.03. The van der Waals surface area contributed by atoms with Gasteiger partial charge in [0.25, 0.3) is 0 Å². The molecule has 0 saturated carbocycles. The molecule has 0 aliphatic carbocycles. The van der Waals surface area contributed by atoms with E-state index in [4.69, 9.17) is 5.26 Å². The molecule has 0 unspecified atom stereocenters. The molecule has 0 radical (unpaired) electrons. The average molecular weight is 195 g/mol. The Balaban J connectivity index is 2.55. The highest BCUT2D eigenvalue weighted by molar-refractivity contribution is 5.59. The van der Waals surface area contributed by atoms with Gasteiger partial charge in [-0.05, 0) is 36.8 Å². The minimum absolute atomic E-state index is 0.637. The predicted molar refractivity (Wildman–Crippen MR) is 56.9 cm³/mol. The summed E-state index contributed by atoms with van der Waals surface area (Å²) >= 11 is 0. The molecule has 2 rings (SSSR count). The summed E-state index contributed by atoms with van der Waals surface area (Å²) in [5.74, 6) is 0.651. The molecule has 0 fully saturated rings. The molecule has 0 aliphatic heterocycles. The van der Waals surface area contributed by atoms with Gasteiger partial charge < -0.3 is 0 Å². The highest BCUT2D eigenvalue weighted by atomic mass is 14.8. The molecule has 3 heteroatoms. The molecule has 0 saturated heterocycles. The van der Waals surface area contributed by atoms with Gasteiger partial charge in [0.15, 0.2) is 5.82 Å². The summed E-state index contributed by atoms with van der Waals surface area (Å²) < 4.78 is 0. The molecule has 0 bridgehead atoms. The summed E-state index contributed by atoms with van der Waals surface area (Å²) in [6.07, 6.45) is 3.38. The minimum Gasteiger partial charge on any atom is -0.237 e. The maximum absolute atomic E-state index is 8.84. The minimum atomic E-state index is 0.637. The van der Waals surface area contributed by atoms with Crippen LogP contribution in [-0.2, 0) is 0 Å². The van der Waals surface area contributed by atoms with Crippen molar-refractivity contribution in [2.24, 2.45) is 0 Å². The second-order valence-corrected chi connectivity index (χ2v) is 3.27. The zero-order valence-corrected chi connectivity index (χ0v) is 8.31. The molecule has 0 spiro atoms. The van der Waals surface area contributed by atoms with Crippen molar-refractivity contribution in [1.82, 2.24) is 9.97 Å². The largest absolute Gasteiger partial charge is 0.237 e. The second-order valence-electron chi connectivity index (χ2n) is 3.27. The van der Waals surface area contributed by atoms with Gasteiger partial charge in [0, 0.05) is 18.0 Å². The van der Waals surface area contributed by atoms with Crippen LogP contribution < -0.4 is 0 Å². The molecule has 0 N–H and O–H groups in total. The van der Waals surface area contributed by atoms with E-state index in [2.05, 4.69) is 16.0 Å². The Morgan fingerprint density at radius 1 is 1.13 bits per heavy atom. The van der Waals surface area contributed by atoms with Crippen molar-refractivity contribution in [2.75, 3.05) is 0 Å². The first kappa shape index (κ1) is 9.35.